The summed E-state index contributed by atoms with van der Waals surface area (Å²) in [5.74, 6) is 1.06. The van der Waals surface area contributed by atoms with E-state index in [4.69, 9.17) is 9.47 Å². The molecule has 0 aliphatic carbocycles. The van der Waals surface area contributed by atoms with Gasteiger partial charge in [-0.15, -0.1) is 0 Å². The monoisotopic (exact) mass is 348 g/mol. The topological polar surface area (TPSA) is 59.9 Å². The second kappa shape index (κ2) is 8.67. The van der Waals surface area contributed by atoms with Gasteiger partial charge in [-0.2, -0.15) is 5.10 Å². The van der Waals surface area contributed by atoms with Gasteiger partial charge in [-0.1, -0.05) is 48.5 Å². The third-order valence-corrected chi connectivity index (χ3v) is 3.72. The molecule has 5 heteroatoms. The maximum absolute atomic E-state index is 12.0. The van der Waals surface area contributed by atoms with E-state index in [2.05, 4.69) is 10.5 Å². The van der Waals surface area contributed by atoms with Crippen LogP contribution < -0.4 is 14.9 Å². The van der Waals surface area contributed by atoms with Crippen molar-refractivity contribution < 1.29 is 14.3 Å². The van der Waals surface area contributed by atoms with Crippen LogP contribution >= 0.6 is 0 Å². The average molecular weight is 348 g/mol. The molecule has 3 aromatic carbocycles. The summed E-state index contributed by atoms with van der Waals surface area (Å²) in [5.41, 5.74) is 3.26. The van der Waals surface area contributed by atoms with E-state index in [0.29, 0.717) is 12.4 Å². The third kappa shape index (κ3) is 4.39. The van der Waals surface area contributed by atoms with E-state index in [0.717, 1.165) is 22.1 Å². The van der Waals surface area contributed by atoms with Crippen LogP contribution in [-0.4, -0.2) is 25.3 Å². The molecule has 3 aromatic rings. The second-order valence-electron chi connectivity index (χ2n) is 5.53. The minimum atomic E-state index is -0.330. The van der Waals surface area contributed by atoms with Crippen LogP contribution in [-0.2, 0) is 4.79 Å². The molecule has 0 heterocycles. The van der Waals surface area contributed by atoms with Gasteiger partial charge in [-0.3, -0.25) is 4.79 Å². The largest absolute Gasteiger partial charge is 0.493 e. The summed E-state index contributed by atoms with van der Waals surface area (Å²) in [5, 5.41) is 6.01. The van der Waals surface area contributed by atoms with E-state index in [1.165, 1.54) is 0 Å². The molecule has 5 nitrogen and oxygen atoms in total. The predicted molar refractivity (Wildman–Crippen MR) is 103 cm³/mol. The smallest absolute Gasteiger partial charge is 0.277 e. The van der Waals surface area contributed by atoms with Gasteiger partial charge in [0.2, 0.25) is 0 Å². The number of ether oxygens (including phenoxy) is 2. The van der Waals surface area contributed by atoms with E-state index in [1.807, 2.05) is 73.7 Å². The van der Waals surface area contributed by atoms with Gasteiger partial charge in [0.1, 0.15) is 11.5 Å². The summed E-state index contributed by atoms with van der Waals surface area (Å²) in [6.07, 6.45) is 1.56. The molecule has 0 saturated heterocycles. The van der Waals surface area contributed by atoms with Crippen molar-refractivity contribution in [1.82, 2.24) is 5.43 Å². The van der Waals surface area contributed by atoms with Crippen molar-refractivity contribution in [2.24, 2.45) is 5.10 Å². The molecule has 0 aromatic heterocycles. The lowest BCUT2D eigenvalue weighted by Crippen LogP contribution is -2.24. The standard InChI is InChI=1S/C21H20N2O3/c1-2-25-19-12-6-4-9-17(19)14-22-23-21(24)15-26-20-13-7-10-16-8-3-5-11-18(16)20/h3-14H,2,15H2,1H3,(H,23,24). The molecule has 0 radical (unpaired) electrons. The summed E-state index contributed by atoms with van der Waals surface area (Å²) < 4.78 is 11.1. The summed E-state index contributed by atoms with van der Waals surface area (Å²) in [4.78, 5) is 12.0. The fraction of sp³-hybridized carbons (Fsp3) is 0.143. The average Bonchev–Trinajstić information content (AvgIpc) is 2.68. The van der Waals surface area contributed by atoms with E-state index in [1.54, 1.807) is 6.21 Å². The van der Waals surface area contributed by atoms with Crippen LogP contribution in [0.5, 0.6) is 11.5 Å². The Hall–Kier alpha value is -3.34. The molecule has 0 fully saturated rings. The zero-order chi connectivity index (χ0) is 18.2. The number of hydrogen-bond acceptors (Lipinski definition) is 4. The quantitative estimate of drug-likeness (QED) is 0.522. The lowest BCUT2D eigenvalue weighted by atomic mass is 10.1. The summed E-state index contributed by atoms with van der Waals surface area (Å²) in [6.45, 7) is 2.37. The number of hydrogen-bond donors (Lipinski definition) is 1. The number of fused-ring (bicyclic) bond motifs is 1. The minimum absolute atomic E-state index is 0.113. The number of nitrogens with one attached hydrogen (secondary N) is 1. The van der Waals surface area contributed by atoms with Crippen LogP contribution in [0.2, 0.25) is 0 Å². The SMILES string of the molecule is CCOc1ccccc1C=NNC(=O)COc1cccc2ccccc12. The first-order chi connectivity index (χ1) is 12.8. The van der Waals surface area contributed by atoms with Crippen molar-refractivity contribution in [2.45, 2.75) is 6.92 Å². The Bertz CT molecular complexity index is 917. The molecule has 0 spiro atoms. The van der Waals surface area contributed by atoms with Crippen LogP contribution in [0.1, 0.15) is 12.5 Å². The molecular weight excluding hydrogens is 328 g/mol. The molecule has 0 saturated carbocycles. The maximum Gasteiger partial charge on any atom is 0.277 e. The van der Waals surface area contributed by atoms with Crippen LogP contribution in [0, 0.1) is 0 Å². The highest BCUT2D eigenvalue weighted by Gasteiger charge is 2.05. The Labute approximate surface area is 152 Å². The highest BCUT2D eigenvalue weighted by molar-refractivity contribution is 5.89. The van der Waals surface area contributed by atoms with Crippen LogP contribution in [0.15, 0.2) is 71.8 Å². The highest BCUT2D eigenvalue weighted by atomic mass is 16.5. The Morgan fingerprint density at radius 3 is 2.58 bits per heavy atom. The fourth-order valence-corrected chi connectivity index (χ4v) is 2.55. The van der Waals surface area contributed by atoms with E-state index in [-0.39, 0.29) is 12.5 Å². The predicted octanol–water partition coefficient (Wildman–Crippen LogP) is 3.77. The number of hydrazone groups is 1. The number of amides is 1. The molecule has 1 N–H and O–H groups in total. The number of para-hydroxylation sites is 1. The van der Waals surface area contributed by atoms with Gasteiger partial charge in [0.25, 0.3) is 5.91 Å². The van der Waals surface area contributed by atoms with Crippen LogP contribution in [0.25, 0.3) is 10.8 Å². The molecule has 0 unspecified atom stereocenters. The normalized spacial score (nSPS) is 10.8. The molecule has 3 rings (SSSR count). The molecule has 26 heavy (non-hydrogen) atoms. The number of carbonyl (C=O) groups excluding carboxylic acids is 1. The van der Waals surface area contributed by atoms with Gasteiger partial charge in [0.15, 0.2) is 6.61 Å². The third-order valence-electron chi connectivity index (χ3n) is 3.72. The van der Waals surface area contributed by atoms with Gasteiger partial charge in [-0.05, 0) is 30.5 Å². The molecule has 0 aliphatic rings. The van der Waals surface area contributed by atoms with Crippen molar-refractivity contribution in [3.8, 4) is 11.5 Å². The second-order valence-corrected chi connectivity index (χ2v) is 5.53. The molecule has 0 bridgehead atoms. The summed E-state index contributed by atoms with van der Waals surface area (Å²) in [6, 6.07) is 21.1. The van der Waals surface area contributed by atoms with Gasteiger partial charge in [0.05, 0.1) is 12.8 Å². The zero-order valence-electron chi connectivity index (χ0n) is 14.5. The maximum atomic E-state index is 12.0. The van der Waals surface area contributed by atoms with Gasteiger partial charge >= 0.3 is 0 Å². The molecule has 0 atom stereocenters. The van der Waals surface area contributed by atoms with E-state index < -0.39 is 0 Å². The first-order valence-corrected chi connectivity index (χ1v) is 8.42. The zero-order valence-corrected chi connectivity index (χ0v) is 14.5. The first-order valence-electron chi connectivity index (χ1n) is 8.42. The lowest BCUT2D eigenvalue weighted by molar-refractivity contribution is -0.123. The molecular formula is C21H20N2O3. The number of rotatable bonds is 7. The van der Waals surface area contributed by atoms with Crippen molar-refractivity contribution in [3.63, 3.8) is 0 Å². The first kappa shape index (κ1) is 17.5. The van der Waals surface area contributed by atoms with E-state index in [9.17, 15) is 4.79 Å². The van der Waals surface area contributed by atoms with Gasteiger partial charge < -0.3 is 9.47 Å². The lowest BCUT2D eigenvalue weighted by Gasteiger charge is -2.08. The molecule has 0 aliphatic heterocycles. The van der Waals surface area contributed by atoms with Gasteiger partial charge in [-0.25, -0.2) is 5.43 Å². The van der Waals surface area contributed by atoms with Crippen LogP contribution in [0.4, 0.5) is 0 Å². The van der Waals surface area contributed by atoms with Crippen molar-refractivity contribution >= 4 is 22.9 Å². The Balaban J connectivity index is 1.58. The highest BCUT2D eigenvalue weighted by Crippen LogP contribution is 2.24. The van der Waals surface area contributed by atoms with Crippen molar-refractivity contribution in [1.29, 1.82) is 0 Å². The van der Waals surface area contributed by atoms with Crippen LogP contribution in [0.3, 0.4) is 0 Å². The van der Waals surface area contributed by atoms with Crippen molar-refractivity contribution in [2.75, 3.05) is 13.2 Å². The number of nitrogens with zero attached hydrogens (tertiary/aromatic N) is 1. The summed E-state index contributed by atoms with van der Waals surface area (Å²) >= 11 is 0. The summed E-state index contributed by atoms with van der Waals surface area (Å²) in [7, 11) is 0. The molecule has 132 valence electrons. The van der Waals surface area contributed by atoms with Crippen molar-refractivity contribution in [3.05, 3.63) is 72.3 Å². The Morgan fingerprint density at radius 1 is 0.962 bits per heavy atom. The molecule has 1 amide bonds. The minimum Gasteiger partial charge on any atom is -0.493 e. The Kier molecular flexibility index (Phi) is 5.83. The fourth-order valence-electron chi connectivity index (χ4n) is 2.55. The Morgan fingerprint density at radius 2 is 1.69 bits per heavy atom. The number of benzene rings is 3. The van der Waals surface area contributed by atoms with E-state index >= 15 is 0 Å². The number of carbonyl (C=O) groups is 1. The van der Waals surface area contributed by atoms with Gasteiger partial charge in [0, 0.05) is 10.9 Å².